The molecule has 0 spiro atoms. The summed E-state index contributed by atoms with van der Waals surface area (Å²) in [5.74, 6) is 0.801. The van der Waals surface area contributed by atoms with Crippen molar-refractivity contribution in [1.29, 1.82) is 0 Å². The Hall–Kier alpha value is -3.67. The summed E-state index contributed by atoms with van der Waals surface area (Å²) < 4.78 is 5.68. The zero-order chi connectivity index (χ0) is 21.3. The normalized spacial score (nSPS) is 10.5. The van der Waals surface area contributed by atoms with Crippen molar-refractivity contribution in [2.45, 2.75) is 20.3 Å². The van der Waals surface area contributed by atoms with Gasteiger partial charge in [0.05, 0.1) is 6.61 Å². The highest BCUT2D eigenvalue weighted by Gasteiger charge is 2.10. The van der Waals surface area contributed by atoms with E-state index in [1.165, 1.54) is 0 Å². The van der Waals surface area contributed by atoms with E-state index < -0.39 is 0 Å². The molecule has 6 nitrogen and oxygen atoms in total. The molecule has 6 heteroatoms. The van der Waals surface area contributed by atoms with Crippen molar-refractivity contribution in [3.05, 3.63) is 84.2 Å². The minimum Gasteiger partial charge on any atom is -0.494 e. The van der Waals surface area contributed by atoms with Gasteiger partial charge in [0.25, 0.3) is 11.8 Å². The Bertz CT molecular complexity index is 986. The second kappa shape index (κ2) is 10.2. The summed E-state index contributed by atoms with van der Waals surface area (Å²) in [6.45, 7) is 4.95. The number of benzene rings is 2. The van der Waals surface area contributed by atoms with Gasteiger partial charge in [-0.1, -0.05) is 19.9 Å². The molecule has 2 aromatic carbocycles. The van der Waals surface area contributed by atoms with Crippen molar-refractivity contribution in [1.82, 2.24) is 4.98 Å². The van der Waals surface area contributed by atoms with E-state index in [4.69, 9.17) is 4.74 Å². The number of amides is 2. The van der Waals surface area contributed by atoms with Crippen LogP contribution in [-0.2, 0) is 0 Å². The number of ether oxygens (including phenoxy) is 1. The third-order valence-corrected chi connectivity index (χ3v) is 4.40. The van der Waals surface area contributed by atoms with Crippen LogP contribution in [0.15, 0.2) is 73.1 Å². The zero-order valence-electron chi connectivity index (χ0n) is 17.1. The Morgan fingerprint density at radius 3 is 2.23 bits per heavy atom. The molecule has 0 aliphatic heterocycles. The fourth-order valence-electron chi connectivity index (χ4n) is 2.69. The highest BCUT2D eigenvalue weighted by molar-refractivity contribution is 6.07. The van der Waals surface area contributed by atoms with E-state index in [2.05, 4.69) is 29.5 Å². The monoisotopic (exact) mass is 403 g/mol. The van der Waals surface area contributed by atoms with Crippen LogP contribution < -0.4 is 15.4 Å². The maximum absolute atomic E-state index is 12.5. The third-order valence-electron chi connectivity index (χ3n) is 4.40. The summed E-state index contributed by atoms with van der Waals surface area (Å²) in [6, 6.07) is 17.2. The second-order valence-corrected chi connectivity index (χ2v) is 7.28. The lowest BCUT2D eigenvalue weighted by molar-refractivity contribution is 0.101. The number of pyridine rings is 1. The molecule has 30 heavy (non-hydrogen) atoms. The number of nitrogens with zero attached hydrogens (tertiary/aromatic N) is 1. The van der Waals surface area contributed by atoms with E-state index in [0.29, 0.717) is 35.0 Å². The SMILES string of the molecule is CC(C)CCOc1ccc(C(=O)Nc2cccc(C(=O)Nc3ccncc3)c2)cc1. The Morgan fingerprint density at radius 1 is 0.867 bits per heavy atom. The molecule has 1 heterocycles. The molecular formula is C24H25N3O3. The molecule has 2 N–H and O–H groups in total. The molecule has 0 saturated heterocycles. The molecule has 0 unspecified atom stereocenters. The fraction of sp³-hybridized carbons (Fsp3) is 0.208. The topological polar surface area (TPSA) is 80.3 Å². The largest absolute Gasteiger partial charge is 0.494 e. The molecule has 0 fully saturated rings. The summed E-state index contributed by atoms with van der Waals surface area (Å²) in [5, 5.41) is 5.62. The molecule has 3 aromatic rings. The van der Waals surface area contributed by atoms with E-state index in [0.717, 1.165) is 12.2 Å². The first kappa shape index (κ1) is 21.0. The predicted octanol–water partition coefficient (Wildman–Crippen LogP) is 5.01. The Kier molecular flexibility index (Phi) is 7.16. The van der Waals surface area contributed by atoms with Crippen LogP contribution in [0.25, 0.3) is 0 Å². The minimum atomic E-state index is -0.264. The van der Waals surface area contributed by atoms with Gasteiger partial charge in [-0.3, -0.25) is 14.6 Å². The number of hydrogen-bond donors (Lipinski definition) is 2. The molecule has 0 aliphatic carbocycles. The predicted molar refractivity (Wildman–Crippen MR) is 118 cm³/mol. The van der Waals surface area contributed by atoms with E-state index >= 15 is 0 Å². The van der Waals surface area contributed by atoms with Gasteiger partial charge in [-0.2, -0.15) is 0 Å². The quantitative estimate of drug-likeness (QED) is 0.554. The summed E-state index contributed by atoms with van der Waals surface area (Å²) >= 11 is 0. The van der Waals surface area contributed by atoms with Gasteiger partial charge in [0, 0.05) is 34.9 Å². The maximum Gasteiger partial charge on any atom is 0.255 e. The standard InChI is InChI=1S/C24H25N3O3/c1-17(2)12-15-30-22-8-6-18(7-9-22)23(28)27-21-5-3-4-19(16-21)24(29)26-20-10-13-25-14-11-20/h3-11,13-14,16-17H,12,15H2,1-2H3,(H,27,28)(H,25,26,29). The number of aromatic nitrogens is 1. The molecule has 0 atom stereocenters. The second-order valence-electron chi connectivity index (χ2n) is 7.28. The first-order valence-electron chi connectivity index (χ1n) is 9.87. The van der Waals surface area contributed by atoms with Crippen LogP contribution >= 0.6 is 0 Å². The summed E-state index contributed by atoms with van der Waals surface area (Å²) in [4.78, 5) is 28.9. The molecule has 3 rings (SSSR count). The van der Waals surface area contributed by atoms with Gasteiger partial charge >= 0.3 is 0 Å². The molecule has 1 aromatic heterocycles. The van der Waals surface area contributed by atoms with Gasteiger partial charge in [-0.05, 0) is 66.9 Å². The highest BCUT2D eigenvalue weighted by atomic mass is 16.5. The average Bonchev–Trinajstić information content (AvgIpc) is 2.75. The average molecular weight is 403 g/mol. The number of hydrogen-bond acceptors (Lipinski definition) is 4. The van der Waals surface area contributed by atoms with Gasteiger partial charge < -0.3 is 15.4 Å². The smallest absolute Gasteiger partial charge is 0.255 e. The van der Waals surface area contributed by atoms with Crippen LogP contribution in [0, 0.1) is 5.92 Å². The van der Waals surface area contributed by atoms with Gasteiger partial charge in [-0.25, -0.2) is 0 Å². The Labute approximate surface area is 176 Å². The van der Waals surface area contributed by atoms with Crippen molar-refractivity contribution >= 4 is 23.2 Å². The molecule has 0 radical (unpaired) electrons. The first-order valence-corrected chi connectivity index (χ1v) is 9.87. The number of carbonyl (C=O) groups is 2. The molecule has 154 valence electrons. The number of rotatable bonds is 8. The van der Waals surface area contributed by atoms with Crippen LogP contribution in [0.1, 0.15) is 41.0 Å². The molecule has 0 bridgehead atoms. The number of carbonyl (C=O) groups excluding carboxylic acids is 2. The van der Waals surface area contributed by atoms with Crippen LogP contribution in [0.2, 0.25) is 0 Å². The van der Waals surface area contributed by atoms with Crippen molar-refractivity contribution in [3.8, 4) is 5.75 Å². The summed E-state index contributed by atoms with van der Waals surface area (Å²) in [7, 11) is 0. The first-order chi connectivity index (χ1) is 14.5. The van der Waals surface area contributed by atoms with Crippen LogP contribution in [0.5, 0.6) is 5.75 Å². The van der Waals surface area contributed by atoms with Crippen LogP contribution in [0.4, 0.5) is 11.4 Å². The minimum absolute atomic E-state index is 0.254. The number of anilines is 2. The van der Waals surface area contributed by atoms with Gasteiger partial charge in [0.1, 0.15) is 5.75 Å². The maximum atomic E-state index is 12.5. The fourth-order valence-corrected chi connectivity index (χ4v) is 2.69. The Balaban J connectivity index is 1.60. The van der Waals surface area contributed by atoms with Crippen molar-refractivity contribution in [2.75, 3.05) is 17.2 Å². The van der Waals surface area contributed by atoms with Crippen molar-refractivity contribution in [2.24, 2.45) is 5.92 Å². The van der Waals surface area contributed by atoms with Crippen molar-refractivity contribution < 1.29 is 14.3 Å². The number of nitrogens with one attached hydrogen (secondary N) is 2. The molecule has 2 amide bonds. The zero-order valence-corrected chi connectivity index (χ0v) is 17.1. The molecule has 0 aliphatic rings. The Morgan fingerprint density at radius 2 is 1.53 bits per heavy atom. The van der Waals surface area contributed by atoms with Gasteiger partial charge in [-0.15, -0.1) is 0 Å². The van der Waals surface area contributed by atoms with E-state index in [1.54, 1.807) is 73.1 Å². The van der Waals surface area contributed by atoms with Crippen LogP contribution in [-0.4, -0.2) is 23.4 Å². The lowest BCUT2D eigenvalue weighted by Crippen LogP contribution is -2.14. The third kappa shape index (κ3) is 6.17. The van der Waals surface area contributed by atoms with Gasteiger partial charge in [0.15, 0.2) is 0 Å². The van der Waals surface area contributed by atoms with Crippen LogP contribution in [0.3, 0.4) is 0 Å². The lowest BCUT2D eigenvalue weighted by Gasteiger charge is -2.10. The van der Waals surface area contributed by atoms with Gasteiger partial charge in [0.2, 0.25) is 0 Å². The molecule has 0 saturated carbocycles. The summed E-state index contributed by atoms with van der Waals surface area (Å²) in [5.41, 5.74) is 2.15. The van der Waals surface area contributed by atoms with Crippen molar-refractivity contribution in [3.63, 3.8) is 0 Å². The summed E-state index contributed by atoms with van der Waals surface area (Å²) in [6.07, 6.45) is 4.19. The van der Waals surface area contributed by atoms with E-state index in [-0.39, 0.29) is 11.8 Å². The van der Waals surface area contributed by atoms with E-state index in [1.807, 2.05) is 0 Å². The lowest BCUT2D eigenvalue weighted by atomic mass is 10.1. The van der Waals surface area contributed by atoms with E-state index in [9.17, 15) is 9.59 Å². The highest BCUT2D eigenvalue weighted by Crippen LogP contribution is 2.17. The molecular weight excluding hydrogens is 378 g/mol.